The van der Waals surface area contributed by atoms with Gasteiger partial charge in [0, 0.05) is 31.7 Å². The molecule has 1 aromatic heterocycles. The lowest BCUT2D eigenvalue weighted by Crippen LogP contribution is -2.52. The molecule has 1 fully saturated rings. The molecule has 1 aliphatic heterocycles. The van der Waals surface area contributed by atoms with E-state index in [1.807, 2.05) is 79.7 Å². The standard InChI is InChI=1S/C31H30FN5O2/c1-23(24-10-4-2-5-11-24)37(31(39)26-14-8-9-15-27(26)32)22-30(38)36-20-18-35(19-21-36)29-17-16-28(33-34-29)25-12-6-3-7-13-25/h2-17,23H,18-22H2,1H3. The molecule has 1 atom stereocenters. The minimum absolute atomic E-state index is 0.0459. The fourth-order valence-electron chi connectivity index (χ4n) is 4.77. The van der Waals surface area contributed by atoms with Crippen LogP contribution in [0.4, 0.5) is 10.2 Å². The van der Waals surface area contributed by atoms with Crippen LogP contribution in [0.2, 0.25) is 0 Å². The number of carbonyl (C=O) groups is 2. The largest absolute Gasteiger partial charge is 0.352 e. The lowest BCUT2D eigenvalue weighted by atomic mass is 10.0. The van der Waals surface area contributed by atoms with Gasteiger partial charge in [0.15, 0.2) is 5.82 Å². The molecule has 0 saturated carbocycles. The summed E-state index contributed by atoms with van der Waals surface area (Å²) in [5, 5.41) is 8.78. The van der Waals surface area contributed by atoms with Gasteiger partial charge in [-0.3, -0.25) is 9.59 Å². The van der Waals surface area contributed by atoms with Crippen molar-refractivity contribution in [2.45, 2.75) is 13.0 Å². The Morgan fingerprint density at radius 2 is 1.46 bits per heavy atom. The molecule has 7 nitrogen and oxygen atoms in total. The Hall–Kier alpha value is -4.59. The predicted molar refractivity (Wildman–Crippen MR) is 149 cm³/mol. The van der Waals surface area contributed by atoms with Crippen LogP contribution in [0.15, 0.2) is 97.1 Å². The smallest absolute Gasteiger partial charge is 0.257 e. The molecule has 4 aromatic rings. The molecule has 1 unspecified atom stereocenters. The highest BCUT2D eigenvalue weighted by Crippen LogP contribution is 2.24. The van der Waals surface area contributed by atoms with E-state index in [9.17, 15) is 14.0 Å². The Labute approximate surface area is 227 Å². The Bertz CT molecular complexity index is 1410. The molecule has 0 bridgehead atoms. The molecule has 8 heteroatoms. The quantitative estimate of drug-likeness (QED) is 0.347. The van der Waals surface area contributed by atoms with E-state index < -0.39 is 17.8 Å². The van der Waals surface area contributed by atoms with Crippen LogP contribution in [-0.4, -0.2) is 64.5 Å². The third kappa shape index (κ3) is 5.95. The van der Waals surface area contributed by atoms with Crippen molar-refractivity contribution in [2.24, 2.45) is 0 Å². The maximum atomic E-state index is 14.5. The number of benzene rings is 3. The van der Waals surface area contributed by atoms with Crippen molar-refractivity contribution in [3.8, 4) is 11.3 Å². The minimum atomic E-state index is -0.604. The third-order valence-corrected chi connectivity index (χ3v) is 7.10. The lowest BCUT2D eigenvalue weighted by molar-refractivity contribution is -0.132. The van der Waals surface area contributed by atoms with E-state index in [4.69, 9.17) is 0 Å². The van der Waals surface area contributed by atoms with Crippen LogP contribution >= 0.6 is 0 Å². The van der Waals surface area contributed by atoms with Gasteiger partial charge < -0.3 is 14.7 Å². The fraction of sp³-hybridized carbons (Fsp3) is 0.226. The Kier molecular flexibility index (Phi) is 7.91. The summed E-state index contributed by atoms with van der Waals surface area (Å²) in [4.78, 5) is 32.2. The van der Waals surface area contributed by atoms with Gasteiger partial charge in [0.25, 0.3) is 5.91 Å². The van der Waals surface area contributed by atoms with Gasteiger partial charge in [0.05, 0.1) is 17.3 Å². The van der Waals surface area contributed by atoms with E-state index in [0.717, 1.165) is 22.6 Å². The Morgan fingerprint density at radius 1 is 0.821 bits per heavy atom. The fourth-order valence-corrected chi connectivity index (χ4v) is 4.77. The summed E-state index contributed by atoms with van der Waals surface area (Å²) in [6, 6.07) is 28.7. The number of halogens is 1. The van der Waals surface area contributed by atoms with Gasteiger partial charge >= 0.3 is 0 Å². The molecule has 1 saturated heterocycles. The van der Waals surface area contributed by atoms with E-state index in [-0.39, 0.29) is 18.0 Å². The Morgan fingerprint density at radius 3 is 2.10 bits per heavy atom. The highest BCUT2D eigenvalue weighted by molar-refractivity contribution is 5.97. The Balaban J connectivity index is 1.26. The van der Waals surface area contributed by atoms with Gasteiger partial charge in [-0.25, -0.2) is 4.39 Å². The van der Waals surface area contributed by atoms with Crippen LogP contribution in [-0.2, 0) is 4.79 Å². The van der Waals surface area contributed by atoms with Gasteiger partial charge in [-0.1, -0.05) is 72.8 Å². The van der Waals surface area contributed by atoms with E-state index in [1.165, 1.54) is 17.0 Å². The molecule has 0 aliphatic carbocycles. The second-order valence-corrected chi connectivity index (χ2v) is 9.51. The zero-order chi connectivity index (χ0) is 27.2. The molecule has 0 spiro atoms. The number of hydrogen-bond acceptors (Lipinski definition) is 5. The van der Waals surface area contributed by atoms with Crippen LogP contribution < -0.4 is 4.90 Å². The van der Waals surface area contributed by atoms with Crippen molar-refractivity contribution < 1.29 is 14.0 Å². The number of aromatic nitrogens is 2. The van der Waals surface area contributed by atoms with Gasteiger partial charge in [-0.05, 0) is 36.8 Å². The number of anilines is 1. The second kappa shape index (κ2) is 11.9. The van der Waals surface area contributed by atoms with Gasteiger partial charge in [0.2, 0.25) is 5.91 Å². The third-order valence-electron chi connectivity index (χ3n) is 7.10. The van der Waals surface area contributed by atoms with Gasteiger partial charge in [-0.15, -0.1) is 10.2 Å². The topological polar surface area (TPSA) is 69.6 Å². The van der Waals surface area contributed by atoms with E-state index in [1.54, 1.807) is 17.0 Å². The molecular weight excluding hydrogens is 493 g/mol. The number of rotatable bonds is 7. The van der Waals surface area contributed by atoms with Crippen molar-refractivity contribution in [1.29, 1.82) is 0 Å². The summed E-state index contributed by atoms with van der Waals surface area (Å²) >= 11 is 0. The molecule has 2 amide bonds. The maximum Gasteiger partial charge on any atom is 0.257 e. The monoisotopic (exact) mass is 523 g/mol. The van der Waals surface area contributed by atoms with Crippen molar-refractivity contribution in [2.75, 3.05) is 37.6 Å². The first-order valence-corrected chi connectivity index (χ1v) is 13.0. The number of nitrogens with zero attached hydrogens (tertiary/aromatic N) is 5. The van der Waals surface area contributed by atoms with Crippen molar-refractivity contribution >= 4 is 17.6 Å². The highest BCUT2D eigenvalue weighted by atomic mass is 19.1. The van der Waals surface area contributed by atoms with Gasteiger partial charge in [-0.2, -0.15) is 0 Å². The average Bonchev–Trinajstić information content (AvgIpc) is 3.00. The first-order chi connectivity index (χ1) is 19.0. The van der Waals surface area contributed by atoms with E-state index in [0.29, 0.717) is 26.2 Å². The molecule has 5 rings (SSSR count). The van der Waals surface area contributed by atoms with Crippen LogP contribution in [0.1, 0.15) is 28.9 Å². The van der Waals surface area contributed by atoms with Crippen LogP contribution in [0, 0.1) is 5.82 Å². The lowest BCUT2D eigenvalue weighted by Gasteiger charge is -2.37. The highest BCUT2D eigenvalue weighted by Gasteiger charge is 2.30. The minimum Gasteiger partial charge on any atom is -0.352 e. The van der Waals surface area contributed by atoms with Gasteiger partial charge in [0.1, 0.15) is 12.4 Å². The summed E-state index contributed by atoms with van der Waals surface area (Å²) < 4.78 is 14.5. The summed E-state index contributed by atoms with van der Waals surface area (Å²) in [5.74, 6) is -0.526. The molecular formula is C31H30FN5O2. The molecule has 39 heavy (non-hydrogen) atoms. The van der Waals surface area contributed by atoms with Crippen molar-refractivity contribution in [1.82, 2.24) is 20.0 Å². The van der Waals surface area contributed by atoms with Crippen LogP contribution in [0.3, 0.4) is 0 Å². The summed E-state index contributed by atoms with van der Waals surface area (Å²) in [6.45, 7) is 3.89. The molecule has 3 aromatic carbocycles. The molecule has 0 N–H and O–H groups in total. The molecule has 0 radical (unpaired) electrons. The zero-order valence-corrected chi connectivity index (χ0v) is 21.8. The molecule has 198 valence electrons. The summed E-state index contributed by atoms with van der Waals surface area (Å²) in [7, 11) is 0. The first-order valence-electron chi connectivity index (χ1n) is 13.0. The van der Waals surface area contributed by atoms with Crippen molar-refractivity contribution in [3.63, 3.8) is 0 Å². The number of piperazine rings is 1. The maximum absolute atomic E-state index is 14.5. The zero-order valence-electron chi connectivity index (χ0n) is 21.8. The van der Waals surface area contributed by atoms with E-state index >= 15 is 0 Å². The number of hydrogen-bond donors (Lipinski definition) is 0. The normalized spacial score (nSPS) is 14.1. The predicted octanol–water partition coefficient (Wildman–Crippen LogP) is 4.83. The summed E-state index contributed by atoms with van der Waals surface area (Å²) in [5.41, 5.74) is 2.64. The SMILES string of the molecule is CC(c1ccccc1)N(CC(=O)N1CCN(c2ccc(-c3ccccc3)nn2)CC1)C(=O)c1ccccc1F. The first kappa shape index (κ1) is 26.0. The second-order valence-electron chi connectivity index (χ2n) is 9.51. The van der Waals surface area contributed by atoms with Crippen molar-refractivity contribution in [3.05, 3.63) is 114 Å². The van der Waals surface area contributed by atoms with E-state index in [2.05, 4.69) is 15.1 Å². The molecule has 2 heterocycles. The van der Waals surface area contributed by atoms with Crippen LogP contribution in [0.5, 0.6) is 0 Å². The number of amides is 2. The van der Waals surface area contributed by atoms with Crippen LogP contribution in [0.25, 0.3) is 11.3 Å². The average molecular weight is 524 g/mol. The summed E-state index contributed by atoms with van der Waals surface area (Å²) in [6.07, 6.45) is 0. The number of carbonyl (C=O) groups excluding carboxylic acids is 2. The molecule has 1 aliphatic rings.